The molecular formula is C18H19NO3. The first-order valence-corrected chi connectivity index (χ1v) is 7.08. The number of carbonyl (C=O) groups is 1. The molecule has 2 aromatic rings. The molecule has 1 unspecified atom stereocenters. The molecule has 114 valence electrons. The van der Waals surface area contributed by atoms with Gasteiger partial charge in [-0.2, -0.15) is 0 Å². The van der Waals surface area contributed by atoms with E-state index in [0.717, 1.165) is 17.4 Å². The molecule has 22 heavy (non-hydrogen) atoms. The van der Waals surface area contributed by atoms with Gasteiger partial charge in [-0.3, -0.25) is 4.79 Å². The molecule has 2 aromatic carbocycles. The molecule has 0 saturated heterocycles. The number of aromatic hydroxyl groups is 2. The van der Waals surface area contributed by atoms with Crippen molar-refractivity contribution in [1.29, 1.82) is 0 Å². The third-order valence-corrected chi connectivity index (χ3v) is 3.27. The summed E-state index contributed by atoms with van der Waals surface area (Å²) >= 11 is 0. The SMILES string of the molecule is CC(Cc1cccc(O)c1)NC(=CC=O)c1ccc(O)cc1. The first-order chi connectivity index (χ1) is 10.6. The summed E-state index contributed by atoms with van der Waals surface area (Å²) in [6.45, 7) is 2.00. The Balaban J connectivity index is 2.09. The lowest BCUT2D eigenvalue weighted by molar-refractivity contribution is -0.104. The number of rotatable bonds is 6. The molecule has 0 aliphatic heterocycles. The second-order valence-electron chi connectivity index (χ2n) is 5.18. The van der Waals surface area contributed by atoms with Gasteiger partial charge in [0.05, 0.1) is 0 Å². The third kappa shape index (κ3) is 4.38. The van der Waals surface area contributed by atoms with Gasteiger partial charge in [-0.25, -0.2) is 0 Å². The summed E-state index contributed by atoms with van der Waals surface area (Å²) in [4.78, 5) is 10.8. The third-order valence-electron chi connectivity index (χ3n) is 3.27. The van der Waals surface area contributed by atoms with Crippen LogP contribution < -0.4 is 5.32 Å². The van der Waals surface area contributed by atoms with Crippen LogP contribution in [0.2, 0.25) is 0 Å². The largest absolute Gasteiger partial charge is 0.508 e. The van der Waals surface area contributed by atoms with Crippen LogP contribution in [0.3, 0.4) is 0 Å². The highest BCUT2D eigenvalue weighted by Gasteiger charge is 2.08. The van der Waals surface area contributed by atoms with Crippen molar-refractivity contribution in [1.82, 2.24) is 5.32 Å². The fourth-order valence-electron chi connectivity index (χ4n) is 2.29. The molecule has 0 amide bonds. The van der Waals surface area contributed by atoms with Crippen molar-refractivity contribution < 1.29 is 15.0 Å². The Hall–Kier alpha value is -2.75. The van der Waals surface area contributed by atoms with Gasteiger partial charge in [-0.15, -0.1) is 0 Å². The van der Waals surface area contributed by atoms with Gasteiger partial charge in [-0.05, 0) is 60.9 Å². The van der Waals surface area contributed by atoms with Gasteiger partial charge in [-0.1, -0.05) is 12.1 Å². The molecule has 0 saturated carbocycles. The topological polar surface area (TPSA) is 69.6 Å². The molecule has 0 bridgehead atoms. The zero-order valence-corrected chi connectivity index (χ0v) is 12.4. The average molecular weight is 297 g/mol. The second-order valence-corrected chi connectivity index (χ2v) is 5.18. The van der Waals surface area contributed by atoms with Crippen LogP contribution in [0.4, 0.5) is 0 Å². The fraction of sp³-hybridized carbons (Fsp3) is 0.167. The lowest BCUT2D eigenvalue weighted by Crippen LogP contribution is -2.26. The van der Waals surface area contributed by atoms with Gasteiger partial charge in [0.15, 0.2) is 0 Å². The van der Waals surface area contributed by atoms with E-state index in [0.29, 0.717) is 12.1 Å². The number of hydrogen-bond acceptors (Lipinski definition) is 4. The number of nitrogens with one attached hydrogen (secondary N) is 1. The molecule has 0 spiro atoms. The van der Waals surface area contributed by atoms with E-state index in [1.54, 1.807) is 42.5 Å². The van der Waals surface area contributed by atoms with E-state index < -0.39 is 0 Å². The van der Waals surface area contributed by atoms with E-state index in [4.69, 9.17) is 0 Å². The smallest absolute Gasteiger partial charge is 0.144 e. The Labute approximate surface area is 129 Å². The molecule has 3 N–H and O–H groups in total. The quantitative estimate of drug-likeness (QED) is 0.566. The van der Waals surface area contributed by atoms with E-state index in [2.05, 4.69) is 5.32 Å². The number of aldehydes is 1. The zero-order valence-electron chi connectivity index (χ0n) is 12.4. The van der Waals surface area contributed by atoms with E-state index in [-0.39, 0.29) is 17.5 Å². The summed E-state index contributed by atoms with van der Waals surface area (Å²) in [7, 11) is 0. The van der Waals surface area contributed by atoms with E-state index >= 15 is 0 Å². The van der Waals surface area contributed by atoms with Gasteiger partial charge < -0.3 is 15.5 Å². The van der Waals surface area contributed by atoms with E-state index in [1.165, 1.54) is 6.08 Å². The van der Waals surface area contributed by atoms with Crippen LogP contribution in [0.1, 0.15) is 18.1 Å². The van der Waals surface area contributed by atoms with Gasteiger partial charge in [0.1, 0.15) is 17.8 Å². The van der Waals surface area contributed by atoms with Crippen molar-refractivity contribution >= 4 is 12.0 Å². The van der Waals surface area contributed by atoms with Crippen LogP contribution in [0, 0.1) is 0 Å². The number of hydrogen-bond donors (Lipinski definition) is 3. The fourth-order valence-corrected chi connectivity index (χ4v) is 2.29. The van der Waals surface area contributed by atoms with Crippen LogP contribution >= 0.6 is 0 Å². The Kier molecular flexibility index (Phi) is 5.20. The van der Waals surface area contributed by atoms with Crippen LogP contribution in [0.25, 0.3) is 5.70 Å². The molecule has 0 aliphatic carbocycles. The molecule has 0 radical (unpaired) electrons. The summed E-state index contributed by atoms with van der Waals surface area (Å²) in [6.07, 6.45) is 2.91. The molecule has 0 aromatic heterocycles. The monoisotopic (exact) mass is 297 g/mol. The first-order valence-electron chi connectivity index (χ1n) is 7.08. The molecule has 0 aliphatic rings. The van der Waals surface area contributed by atoms with E-state index in [9.17, 15) is 15.0 Å². The van der Waals surface area contributed by atoms with Crippen LogP contribution in [0.5, 0.6) is 11.5 Å². The van der Waals surface area contributed by atoms with Crippen molar-refractivity contribution in [3.63, 3.8) is 0 Å². The predicted octanol–water partition coefficient (Wildman–Crippen LogP) is 2.86. The summed E-state index contributed by atoms with van der Waals surface area (Å²) in [5, 5.41) is 22.1. The highest BCUT2D eigenvalue weighted by molar-refractivity contribution is 5.80. The number of phenolic OH excluding ortho intramolecular Hbond substituents is 2. The number of benzene rings is 2. The molecule has 1 atom stereocenters. The normalized spacial score (nSPS) is 12.7. The minimum absolute atomic E-state index is 0.0711. The first kappa shape index (κ1) is 15.6. The van der Waals surface area contributed by atoms with Crippen LogP contribution in [0.15, 0.2) is 54.6 Å². The highest BCUT2D eigenvalue weighted by atomic mass is 16.3. The van der Waals surface area contributed by atoms with E-state index in [1.807, 2.05) is 13.0 Å². The summed E-state index contributed by atoms with van der Waals surface area (Å²) in [5.41, 5.74) is 2.53. The zero-order chi connectivity index (χ0) is 15.9. The minimum atomic E-state index is 0.0711. The lowest BCUT2D eigenvalue weighted by atomic mass is 10.1. The van der Waals surface area contributed by atoms with Crippen molar-refractivity contribution in [2.24, 2.45) is 0 Å². The Morgan fingerprint density at radius 2 is 1.86 bits per heavy atom. The second kappa shape index (κ2) is 7.31. The van der Waals surface area contributed by atoms with Crippen LogP contribution in [-0.2, 0) is 11.2 Å². The van der Waals surface area contributed by atoms with Gasteiger partial charge in [0, 0.05) is 17.8 Å². The summed E-state index contributed by atoms with van der Waals surface area (Å²) in [5.74, 6) is 0.425. The molecular weight excluding hydrogens is 278 g/mol. The molecule has 4 nitrogen and oxygen atoms in total. The minimum Gasteiger partial charge on any atom is -0.508 e. The average Bonchev–Trinajstić information content (AvgIpc) is 2.47. The van der Waals surface area contributed by atoms with Gasteiger partial charge in [0.25, 0.3) is 0 Å². The van der Waals surface area contributed by atoms with Crippen molar-refractivity contribution in [2.45, 2.75) is 19.4 Å². The maximum Gasteiger partial charge on any atom is 0.144 e. The standard InChI is InChI=1S/C18H19NO3/c1-13(11-14-3-2-4-17(22)12-14)19-18(9-10-20)15-5-7-16(21)8-6-15/h2-10,12-13,19,21-22H,11H2,1H3. The highest BCUT2D eigenvalue weighted by Crippen LogP contribution is 2.18. The van der Waals surface area contributed by atoms with Crippen LogP contribution in [-0.4, -0.2) is 22.5 Å². The van der Waals surface area contributed by atoms with Crippen molar-refractivity contribution in [3.8, 4) is 11.5 Å². The Bertz CT molecular complexity index is 662. The van der Waals surface area contributed by atoms with Crippen molar-refractivity contribution in [3.05, 3.63) is 65.7 Å². The summed E-state index contributed by atoms with van der Waals surface area (Å²) in [6, 6.07) is 13.8. The molecule has 0 fully saturated rings. The number of allylic oxidation sites excluding steroid dienone is 1. The summed E-state index contributed by atoms with van der Waals surface area (Å²) < 4.78 is 0. The Morgan fingerprint density at radius 1 is 1.14 bits per heavy atom. The molecule has 4 heteroatoms. The van der Waals surface area contributed by atoms with Gasteiger partial charge >= 0.3 is 0 Å². The Morgan fingerprint density at radius 3 is 2.50 bits per heavy atom. The molecule has 0 heterocycles. The predicted molar refractivity (Wildman–Crippen MR) is 86.6 cm³/mol. The molecule has 2 rings (SSSR count). The number of phenols is 2. The van der Waals surface area contributed by atoms with Gasteiger partial charge in [0.2, 0.25) is 0 Å². The van der Waals surface area contributed by atoms with Crippen molar-refractivity contribution in [2.75, 3.05) is 0 Å². The number of carbonyl (C=O) groups excluding carboxylic acids is 1. The maximum atomic E-state index is 10.8. The maximum absolute atomic E-state index is 10.8. The lowest BCUT2D eigenvalue weighted by Gasteiger charge is -2.18.